The number of carbonyl (C=O) groups excluding carboxylic acids is 4. The summed E-state index contributed by atoms with van der Waals surface area (Å²) in [5.41, 5.74) is 2.45. The molecule has 0 aromatic heterocycles. The molecule has 188 valence electrons. The van der Waals surface area contributed by atoms with E-state index in [4.69, 9.17) is 5.73 Å². The highest BCUT2D eigenvalue weighted by Gasteiger charge is 2.50. The van der Waals surface area contributed by atoms with Crippen molar-refractivity contribution < 1.29 is 39.6 Å². The van der Waals surface area contributed by atoms with Crippen LogP contribution in [0.3, 0.4) is 0 Å². The molecule has 0 aromatic carbocycles. The normalized spacial score (nSPS) is 29.9. The lowest BCUT2D eigenvalue weighted by Gasteiger charge is -2.42. The minimum absolute atomic E-state index is 0.0344. The molecule has 2 aliphatic rings. The lowest BCUT2D eigenvalue weighted by molar-refractivity contribution is -0.308. The number of aliphatic hydroxyl groups is 3. The Balaban J connectivity index is 2.10. The first-order valence-corrected chi connectivity index (χ1v) is 11.4. The molecule has 33 heavy (non-hydrogen) atoms. The first-order valence-electron chi connectivity index (χ1n) is 11.4. The summed E-state index contributed by atoms with van der Waals surface area (Å²) >= 11 is 0. The summed E-state index contributed by atoms with van der Waals surface area (Å²) in [6, 6.07) is -2.18. The third-order valence-electron chi connectivity index (χ3n) is 6.75. The topological polar surface area (TPSA) is 202 Å². The predicted octanol–water partition coefficient (Wildman–Crippen LogP) is -2.18. The molecule has 0 aliphatic heterocycles. The molecule has 0 radical (unpaired) electrons. The van der Waals surface area contributed by atoms with E-state index in [2.05, 4.69) is 10.6 Å². The average Bonchev–Trinajstić information content (AvgIpc) is 3.11. The van der Waals surface area contributed by atoms with Crippen LogP contribution in [0.4, 0.5) is 0 Å². The Morgan fingerprint density at radius 1 is 1.09 bits per heavy atom. The van der Waals surface area contributed by atoms with Gasteiger partial charge in [-0.1, -0.05) is 26.7 Å². The van der Waals surface area contributed by atoms with Crippen LogP contribution in [0.2, 0.25) is 0 Å². The van der Waals surface area contributed by atoms with E-state index in [1.54, 1.807) is 0 Å². The highest BCUT2D eigenvalue weighted by atomic mass is 16.4. The van der Waals surface area contributed by atoms with E-state index < -0.39 is 71.8 Å². The minimum atomic E-state index is -2.16. The van der Waals surface area contributed by atoms with E-state index >= 15 is 0 Å². The second-order valence-electron chi connectivity index (χ2n) is 10.2. The molecule has 11 heteroatoms. The fourth-order valence-electron chi connectivity index (χ4n) is 5.08. The fraction of sp³-hybridized carbons (Fsp3) is 0.818. The van der Waals surface area contributed by atoms with Crippen LogP contribution >= 0.6 is 0 Å². The summed E-state index contributed by atoms with van der Waals surface area (Å²) < 4.78 is 0. The maximum Gasteiger partial charge on any atom is 0.252 e. The number of carboxylic acid groups (broad SMARTS) is 1. The van der Waals surface area contributed by atoms with Gasteiger partial charge in [-0.05, 0) is 37.0 Å². The third-order valence-corrected chi connectivity index (χ3v) is 6.75. The Labute approximate surface area is 193 Å². The van der Waals surface area contributed by atoms with Crippen LogP contribution in [0.15, 0.2) is 0 Å². The summed E-state index contributed by atoms with van der Waals surface area (Å²) in [5, 5.41) is 47.7. The number of hydrogen-bond acceptors (Lipinski definition) is 8. The van der Waals surface area contributed by atoms with Gasteiger partial charge in [0.15, 0.2) is 0 Å². The zero-order valence-electron chi connectivity index (χ0n) is 19.2. The summed E-state index contributed by atoms with van der Waals surface area (Å²) in [5.74, 6) is -3.45. The molecule has 0 saturated heterocycles. The molecule has 2 saturated carbocycles. The monoisotopic (exact) mass is 470 g/mol. The van der Waals surface area contributed by atoms with Crippen molar-refractivity contribution in [3.63, 3.8) is 0 Å². The highest BCUT2D eigenvalue weighted by molar-refractivity contribution is 5.91. The second-order valence-corrected chi connectivity index (χ2v) is 10.2. The van der Waals surface area contributed by atoms with E-state index in [0.29, 0.717) is 12.8 Å². The first-order chi connectivity index (χ1) is 15.3. The molecule has 0 bridgehead atoms. The van der Waals surface area contributed by atoms with Crippen LogP contribution < -0.4 is 21.5 Å². The number of rotatable bonds is 10. The molecule has 0 unspecified atom stereocenters. The van der Waals surface area contributed by atoms with Crippen molar-refractivity contribution in [1.29, 1.82) is 0 Å². The van der Waals surface area contributed by atoms with Crippen LogP contribution in [-0.4, -0.2) is 68.9 Å². The zero-order chi connectivity index (χ0) is 25.0. The summed E-state index contributed by atoms with van der Waals surface area (Å²) in [7, 11) is 0. The van der Waals surface area contributed by atoms with Crippen LogP contribution in [0.1, 0.15) is 71.6 Å². The molecule has 0 heterocycles. The van der Waals surface area contributed by atoms with Gasteiger partial charge in [0.05, 0.1) is 12.1 Å². The van der Waals surface area contributed by atoms with Crippen LogP contribution in [0.5, 0.6) is 0 Å². The number of carbonyl (C=O) groups is 4. The Morgan fingerprint density at radius 3 is 2.21 bits per heavy atom. The summed E-state index contributed by atoms with van der Waals surface area (Å²) in [6.07, 6.45) is -1.25. The van der Waals surface area contributed by atoms with E-state index in [1.165, 1.54) is 0 Å². The maximum absolute atomic E-state index is 12.8. The van der Waals surface area contributed by atoms with Crippen LogP contribution in [0.25, 0.3) is 0 Å². The molecule has 3 amide bonds. The van der Waals surface area contributed by atoms with Gasteiger partial charge in [0.25, 0.3) is 5.91 Å². The molecular weight excluding hydrogens is 434 g/mol. The smallest absolute Gasteiger partial charge is 0.252 e. The molecule has 2 rings (SSSR count). The molecule has 5 atom stereocenters. The molecule has 2 fully saturated rings. The highest BCUT2D eigenvalue weighted by Crippen LogP contribution is 2.44. The predicted molar refractivity (Wildman–Crippen MR) is 114 cm³/mol. The lowest BCUT2D eigenvalue weighted by atomic mass is 9.76. The average molecular weight is 471 g/mol. The number of aliphatic hydroxyl groups excluding tert-OH is 2. The van der Waals surface area contributed by atoms with Crippen molar-refractivity contribution in [3.05, 3.63) is 0 Å². The van der Waals surface area contributed by atoms with Gasteiger partial charge in [-0.2, -0.15) is 0 Å². The second kappa shape index (κ2) is 10.8. The van der Waals surface area contributed by atoms with Crippen molar-refractivity contribution in [2.45, 2.75) is 102 Å². The Hall–Kier alpha value is -2.24. The van der Waals surface area contributed by atoms with Crippen molar-refractivity contribution >= 4 is 23.7 Å². The maximum atomic E-state index is 12.8. The van der Waals surface area contributed by atoms with Crippen LogP contribution in [0, 0.1) is 11.3 Å². The van der Waals surface area contributed by atoms with E-state index in [-0.39, 0.29) is 25.2 Å². The SMILES string of the molecule is CC(C)C[C@@H](NC(=O)[C@@]1(O)C[C@@H](O)[C@H](O)[C@@H](NC(=O)CC2(CC(=O)[O-])CCCC2)C1)C(N)=O. The number of nitrogens with one attached hydrogen (secondary N) is 2. The summed E-state index contributed by atoms with van der Waals surface area (Å²) in [6.45, 7) is 3.67. The van der Waals surface area contributed by atoms with Gasteiger partial charge < -0.3 is 41.6 Å². The number of primary amides is 1. The molecular formula is C22H36N3O8-. The number of nitrogens with two attached hydrogens (primary N) is 1. The van der Waals surface area contributed by atoms with E-state index in [0.717, 1.165) is 12.8 Å². The lowest BCUT2D eigenvalue weighted by Crippen LogP contribution is -2.64. The van der Waals surface area contributed by atoms with Crippen molar-refractivity contribution in [3.8, 4) is 0 Å². The van der Waals surface area contributed by atoms with Gasteiger partial charge in [-0.25, -0.2) is 0 Å². The fourth-order valence-corrected chi connectivity index (χ4v) is 5.08. The Morgan fingerprint density at radius 2 is 1.70 bits per heavy atom. The van der Waals surface area contributed by atoms with E-state index in [9.17, 15) is 39.6 Å². The Bertz CT molecular complexity index is 752. The van der Waals surface area contributed by atoms with Gasteiger partial charge in [-0.15, -0.1) is 0 Å². The van der Waals surface area contributed by atoms with Gasteiger partial charge in [0.2, 0.25) is 11.8 Å². The quantitative estimate of drug-likeness (QED) is 0.207. The number of amides is 3. The van der Waals surface area contributed by atoms with Crippen LogP contribution in [-0.2, 0) is 19.2 Å². The summed E-state index contributed by atoms with van der Waals surface area (Å²) in [4.78, 5) is 48.4. The molecule has 0 spiro atoms. The minimum Gasteiger partial charge on any atom is -0.550 e. The standard InChI is InChI=1S/C22H37N3O8/c1-12(2)7-13(19(23)31)25-20(32)22(33)8-14(18(30)15(26)9-22)24-16(27)10-21(11-17(28)29)5-3-4-6-21/h12-15,18,26,30,33H,3-11H2,1-2H3,(H2,23,31)(H,24,27)(H,25,32)(H,28,29)/p-1/t13-,14+,15-,18-,22+/m1/s1. The molecule has 7 N–H and O–H groups in total. The number of aliphatic carboxylic acids is 1. The largest absolute Gasteiger partial charge is 0.550 e. The third kappa shape index (κ3) is 7.12. The van der Waals surface area contributed by atoms with Crippen molar-refractivity contribution in [2.75, 3.05) is 0 Å². The molecule has 11 nitrogen and oxygen atoms in total. The van der Waals surface area contributed by atoms with Gasteiger partial charge in [0, 0.05) is 25.2 Å². The van der Waals surface area contributed by atoms with Crippen molar-refractivity contribution in [2.24, 2.45) is 17.1 Å². The number of hydrogen-bond donors (Lipinski definition) is 6. The van der Waals surface area contributed by atoms with Gasteiger partial charge in [-0.3, -0.25) is 14.4 Å². The van der Waals surface area contributed by atoms with Gasteiger partial charge in [0.1, 0.15) is 17.7 Å². The van der Waals surface area contributed by atoms with Gasteiger partial charge >= 0.3 is 0 Å². The molecule has 2 aliphatic carbocycles. The molecule has 0 aromatic rings. The zero-order valence-corrected chi connectivity index (χ0v) is 19.2. The number of carboxylic acids is 1. The van der Waals surface area contributed by atoms with Crippen molar-refractivity contribution in [1.82, 2.24) is 10.6 Å². The van der Waals surface area contributed by atoms with E-state index in [1.807, 2.05) is 13.8 Å². The Kier molecular flexibility index (Phi) is 8.83. The first kappa shape index (κ1) is 27.0.